The molecule has 0 heterocycles. The Bertz CT molecular complexity index is 839. The van der Waals surface area contributed by atoms with Gasteiger partial charge in [0.1, 0.15) is 0 Å². The van der Waals surface area contributed by atoms with E-state index in [1.165, 1.54) is 27.9 Å². The molecule has 0 amide bonds. The normalized spacial score (nSPS) is 11.0. The van der Waals surface area contributed by atoms with Crippen LogP contribution < -0.4 is 25.5 Å². The predicted molar refractivity (Wildman–Crippen MR) is 155 cm³/mol. The molecule has 0 aromatic heterocycles. The van der Waals surface area contributed by atoms with Crippen LogP contribution in [0.4, 0.5) is 17.1 Å². The van der Waals surface area contributed by atoms with Crippen molar-refractivity contribution in [1.29, 1.82) is 0 Å². The van der Waals surface area contributed by atoms with Crippen molar-refractivity contribution < 1.29 is 0 Å². The molecule has 0 N–H and O–H groups in total. The molecule has 3 nitrogen and oxygen atoms in total. The van der Waals surface area contributed by atoms with Crippen LogP contribution in [-0.4, -0.2) is 58.8 Å². The number of hydrogen-bond donors (Lipinski definition) is 0. The maximum absolute atomic E-state index is 2.42. The molecule has 0 atom stereocenters. The average molecular weight is 572 g/mol. The van der Waals surface area contributed by atoms with Crippen LogP contribution >= 0.6 is 0 Å². The second-order valence-electron chi connectivity index (χ2n) is 8.30. The Morgan fingerprint density at radius 3 is 0.765 bits per heavy atom. The van der Waals surface area contributed by atoms with E-state index >= 15 is 0 Å². The summed E-state index contributed by atoms with van der Waals surface area (Å²) in [6.07, 6.45) is 0. The molecule has 3 aromatic carbocycles. The molecule has 0 bridgehead atoms. The van der Waals surface area contributed by atoms with Gasteiger partial charge in [-0.3, -0.25) is 0 Å². The van der Waals surface area contributed by atoms with E-state index in [2.05, 4.69) is 129 Å². The van der Waals surface area contributed by atoms with E-state index in [0.29, 0.717) is 0 Å². The first kappa shape index (κ1) is 26.5. The number of benzene rings is 3. The number of rotatable bonds is 12. The molecule has 0 radical (unpaired) electrons. The van der Waals surface area contributed by atoms with Crippen LogP contribution in [0.2, 0.25) is 0 Å². The maximum atomic E-state index is 2.42. The monoisotopic (exact) mass is 574 g/mol. The molecule has 0 saturated heterocycles. The van der Waals surface area contributed by atoms with E-state index in [-0.39, 0.29) is 0 Å². The molecule has 0 unspecified atom stereocenters. The molecule has 34 heavy (non-hydrogen) atoms. The van der Waals surface area contributed by atoms with Gasteiger partial charge in [0.15, 0.2) is 0 Å². The van der Waals surface area contributed by atoms with Gasteiger partial charge in [-0.2, -0.15) is 0 Å². The fourth-order valence-electron chi connectivity index (χ4n) is 4.55. The molecule has 4 heteroatoms. The number of anilines is 3. The van der Waals surface area contributed by atoms with Crippen LogP contribution in [0.5, 0.6) is 0 Å². The van der Waals surface area contributed by atoms with Gasteiger partial charge in [0.05, 0.1) is 0 Å². The first-order valence-corrected chi connectivity index (χ1v) is 16.4. The Labute approximate surface area is 215 Å². The van der Waals surface area contributed by atoms with Crippen molar-refractivity contribution in [1.82, 2.24) is 0 Å². The number of nitrogens with zero attached hydrogens (tertiary/aromatic N) is 3. The van der Waals surface area contributed by atoms with Gasteiger partial charge in [0.25, 0.3) is 0 Å². The van der Waals surface area contributed by atoms with Crippen molar-refractivity contribution >= 4 is 47.4 Å². The molecule has 0 aliphatic rings. The molecule has 0 aliphatic carbocycles. The summed E-state index contributed by atoms with van der Waals surface area (Å²) in [6.45, 7) is 19.6. The standard InChI is InChI=1S/C30H42N3Te/c1-7-31(8-2)25-13-19-28(20-14-25)34(29-21-15-26(16-22-29)32(9-3)10-4)30-23-17-27(18-24-30)33(11-5)12-6/h13-24H,7-12H2,1-6H3/q+1. The summed E-state index contributed by atoms with van der Waals surface area (Å²) < 4.78 is 4.52. The van der Waals surface area contributed by atoms with Gasteiger partial charge in [-0.05, 0) is 0 Å². The van der Waals surface area contributed by atoms with Crippen molar-refractivity contribution in [2.45, 2.75) is 41.5 Å². The Balaban J connectivity index is 2.01. The SMILES string of the molecule is CCN(CC)c1ccc([Te+](c2ccc(N(CC)CC)cc2)c2ccc(N(CC)CC)cc2)cc1. The minimum absolute atomic E-state index is 1.04. The van der Waals surface area contributed by atoms with Gasteiger partial charge in [0.2, 0.25) is 0 Å². The molecular formula is C30H42N3Te+. The van der Waals surface area contributed by atoms with E-state index in [1.54, 1.807) is 0 Å². The van der Waals surface area contributed by atoms with Crippen molar-refractivity contribution in [2.75, 3.05) is 54.0 Å². The zero-order valence-corrected chi connectivity index (χ0v) is 24.3. The first-order chi connectivity index (χ1) is 16.6. The summed E-state index contributed by atoms with van der Waals surface area (Å²) in [7, 11) is 0. The first-order valence-electron chi connectivity index (χ1n) is 12.9. The summed E-state index contributed by atoms with van der Waals surface area (Å²) in [5, 5.41) is 0. The van der Waals surface area contributed by atoms with Crippen LogP contribution in [0.3, 0.4) is 0 Å². The molecular weight excluding hydrogens is 530 g/mol. The second-order valence-corrected chi connectivity index (χ2v) is 14.1. The van der Waals surface area contributed by atoms with Crippen molar-refractivity contribution in [3.8, 4) is 0 Å². The molecule has 0 spiro atoms. The van der Waals surface area contributed by atoms with E-state index in [0.717, 1.165) is 39.3 Å². The predicted octanol–water partition coefficient (Wildman–Crippen LogP) is 4.74. The summed E-state index contributed by atoms with van der Waals surface area (Å²) in [4.78, 5) is 7.25. The van der Waals surface area contributed by atoms with E-state index in [9.17, 15) is 0 Å². The van der Waals surface area contributed by atoms with Crippen LogP contribution in [-0.2, 0) is 0 Å². The van der Waals surface area contributed by atoms with Gasteiger partial charge < -0.3 is 0 Å². The third kappa shape index (κ3) is 6.09. The fraction of sp³-hybridized carbons (Fsp3) is 0.400. The third-order valence-corrected chi connectivity index (χ3v) is 13.0. The average Bonchev–Trinajstić information content (AvgIpc) is 2.89. The zero-order valence-electron chi connectivity index (χ0n) is 21.9. The summed E-state index contributed by atoms with van der Waals surface area (Å²) in [6, 6.07) is 28.3. The molecule has 3 aromatic rings. The van der Waals surface area contributed by atoms with Gasteiger partial charge in [-0.25, -0.2) is 0 Å². The van der Waals surface area contributed by atoms with Crippen LogP contribution in [0, 0.1) is 0 Å². The Kier molecular flexibility index (Phi) is 10.2. The Hall–Kier alpha value is -2.15. The van der Waals surface area contributed by atoms with E-state index in [1.807, 2.05) is 0 Å². The van der Waals surface area contributed by atoms with Crippen LogP contribution in [0.1, 0.15) is 41.5 Å². The molecule has 0 fully saturated rings. The topological polar surface area (TPSA) is 9.72 Å². The van der Waals surface area contributed by atoms with Crippen LogP contribution in [0.25, 0.3) is 0 Å². The van der Waals surface area contributed by atoms with E-state index in [4.69, 9.17) is 0 Å². The fourth-order valence-corrected chi connectivity index (χ4v) is 10.4. The summed E-state index contributed by atoms with van der Waals surface area (Å²) in [5.41, 5.74) is 3.96. The van der Waals surface area contributed by atoms with E-state index < -0.39 is 19.6 Å². The van der Waals surface area contributed by atoms with Gasteiger partial charge in [0, 0.05) is 0 Å². The molecule has 3 rings (SSSR count). The second kappa shape index (κ2) is 13.1. The Morgan fingerprint density at radius 1 is 0.382 bits per heavy atom. The zero-order chi connectivity index (χ0) is 24.5. The minimum atomic E-state index is -1.97. The summed E-state index contributed by atoms with van der Waals surface area (Å²) >= 11 is -1.97. The molecule has 0 aliphatic heterocycles. The van der Waals surface area contributed by atoms with Gasteiger partial charge >= 0.3 is 216 Å². The van der Waals surface area contributed by atoms with Crippen molar-refractivity contribution in [3.05, 3.63) is 72.8 Å². The third-order valence-electron chi connectivity index (χ3n) is 6.60. The molecule has 0 saturated carbocycles. The quantitative estimate of drug-likeness (QED) is 0.291. The van der Waals surface area contributed by atoms with Crippen LogP contribution in [0.15, 0.2) is 72.8 Å². The Morgan fingerprint density at radius 2 is 0.588 bits per heavy atom. The van der Waals surface area contributed by atoms with Gasteiger partial charge in [-0.1, -0.05) is 0 Å². The van der Waals surface area contributed by atoms with Gasteiger partial charge in [-0.15, -0.1) is 0 Å². The van der Waals surface area contributed by atoms with Crippen molar-refractivity contribution in [2.24, 2.45) is 0 Å². The van der Waals surface area contributed by atoms with Crippen molar-refractivity contribution in [3.63, 3.8) is 0 Å². The molecule has 182 valence electrons. The summed E-state index contributed by atoms with van der Waals surface area (Å²) in [5.74, 6) is 0. The number of hydrogen-bond acceptors (Lipinski definition) is 3.